The lowest BCUT2D eigenvalue weighted by Crippen LogP contribution is -2.31. The summed E-state index contributed by atoms with van der Waals surface area (Å²) in [6.45, 7) is 1.92. The van der Waals surface area contributed by atoms with Gasteiger partial charge in [0.05, 0.1) is 5.56 Å². The maximum Gasteiger partial charge on any atom is 0.416 e. The number of nitrogens with two attached hydrogens (primary N) is 1. The van der Waals surface area contributed by atoms with E-state index >= 15 is 0 Å². The fraction of sp³-hybridized carbons (Fsp3) is 0.333. The van der Waals surface area contributed by atoms with Crippen LogP contribution < -0.4 is 10.5 Å². The van der Waals surface area contributed by atoms with E-state index in [1.54, 1.807) is 0 Å². The minimum absolute atomic E-state index is 0.171. The molecule has 2 unspecified atom stereocenters. The molecule has 0 amide bonds. The quantitative estimate of drug-likeness (QED) is 0.873. The van der Waals surface area contributed by atoms with E-state index in [0.717, 1.165) is 17.7 Å². The lowest BCUT2D eigenvalue weighted by atomic mass is 10.0. The van der Waals surface area contributed by atoms with Crippen LogP contribution in [0.25, 0.3) is 0 Å². The number of hydrogen-bond donors (Lipinski definition) is 1. The summed E-state index contributed by atoms with van der Waals surface area (Å²) in [5.41, 5.74) is 6.19. The van der Waals surface area contributed by atoms with Crippen molar-refractivity contribution in [1.82, 2.24) is 0 Å². The van der Waals surface area contributed by atoms with Crippen LogP contribution in [0, 0.1) is 0 Å². The highest BCUT2D eigenvalue weighted by atomic mass is 32.1. The minimum atomic E-state index is -4.38. The average molecular weight is 315 g/mol. The molecule has 114 valence electrons. The van der Waals surface area contributed by atoms with Gasteiger partial charge in [0, 0.05) is 11.6 Å². The molecule has 0 aliphatic heterocycles. The van der Waals surface area contributed by atoms with Crippen LogP contribution in [0.5, 0.6) is 5.75 Å². The molecule has 0 saturated heterocycles. The van der Waals surface area contributed by atoms with Gasteiger partial charge in [-0.05, 0) is 41.4 Å². The van der Waals surface area contributed by atoms with Crippen molar-refractivity contribution >= 4 is 11.3 Å². The van der Waals surface area contributed by atoms with Gasteiger partial charge in [-0.2, -0.15) is 24.5 Å². The fourth-order valence-electron chi connectivity index (χ4n) is 1.95. The third-order valence-electron chi connectivity index (χ3n) is 3.16. The monoisotopic (exact) mass is 315 g/mol. The molecule has 1 aromatic carbocycles. The Balaban J connectivity index is 2.25. The van der Waals surface area contributed by atoms with Crippen LogP contribution in [-0.4, -0.2) is 6.04 Å². The van der Waals surface area contributed by atoms with E-state index in [-0.39, 0.29) is 11.8 Å². The second-order valence-electron chi connectivity index (χ2n) is 4.69. The number of hydrogen-bond acceptors (Lipinski definition) is 3. The molecule has 1 aromatic heterocycles. The first-order valence-corrected chi connectivity index (χ1v) is 7.47. The highest BCUT2D eigenvalue weighted by molar-refractivity contribution is 7.07. The third kappa shape index (κ3) is 3.98. The first kappa shape index (κ1) is 15.9. The molecular formula is C15H16F3NOS. The molecular weight excluding hydrogens is 299 g/mol. The van der Waals surface area contributed by atoms with Crippen molar-refractivity contribution in [2.45, 2.75) is 31.7 Å². The smallest absolute Gasteiger partial charge is 0.416 e. The van der Waals surface area contributed by atoms with Crippen LogP contribution in [-0.2, 0) is 6.18 Å². The maximum atomic E-state index is 12.7. The Morgan fingerprint density at radius 3 is 2.62 bits per heavy atom. The third-order valence-corrected chi connectivity index (χ3v) is 3.86. The summed E-state index contributed by atoms with van der Waals surface area (Å²) in [6.07, 6.45) is -4.17. The summed E-state index contributed by atoms with van der Waals surface area (Å²) >= 11 is 1.50. The van der Waals surface area contributed by atoms with Gasteiger partial charge in [0.1, 0.15) is 11.9 Å². The molecule has 21 heavy (non-hydrogen) atoms. The highest BCUT2D eigenvalue weighted by Gasteiger charge is 2.31. The molecule has 2 aromatic rings. The molecule has 0 aliphatic carbocycles. The number of rotatable bonds is 5. The number of halogens is 3. The Morgan fingerprint density at radius 1 is 1.29 bits per heavy atom. The number of benzene rings is 1. The van der Waals surface area contributed by atoms with Crippen molar-refractivity contribution in [3.8, 4) is 5.75 Å². The molecule has 0 saturated carbocycles. The molecule has 6 heteroatoms. The van der Waals surface area contributed by atoms with Crippen molar-refractivity contribution in [2.75, 3.05) is 0 Å². The molecule has 0 radical (unpaired) electrons. The first-order chi connectivity index (χ1) is 9.91. The second kappa shape index (κ2) is 6.49. The summed E-state index contributed by atoms with van der Waals surface area (Å²) in [5.74, 6) is 0.171. The normalized spacial score (nSPS) is 14.7. The Morgan fingerprint density at radius 2 is 2.05 bits per heavy atom. The van der Waals surface area contributed by atoms with Gasteiger partial charge < -0.3 is 10.5 Å². The van der Waals surface area contributed by atoms with Gasteiger partial charge in [-0.25, -0.2) is 0 Å². The molecule has 0 bridgehead atoms. The van der Waals surface area contributed by atoms with Crippen LogP contribution >= 0.6 is 11.3 Å². The summed E-state index contributed by atoms with van der Waals surface area (Å²) in [7, 11) is 0. The number of alkyl halides is 3. The zero-order valence-corrected chi connectivity index (χ0v) is 12.2. The topological polar surface area (TPSA) is 35.2 Å². The molecule has 2 N–H and O–H groups in total. The predicted molar refractivity (Wildman–Crippen MR) is 77.4 cm³/mol. The van der Waals surface area contributed by atoms with Crippen molar-refractivity contribution in [3.05, 3.63) is 52.2 Å². The molecule has 0 aliphatic rings. The predicted octanol–water partition coefficient (Wildman–Crippen LogP) is 4.62. The van der Waals surface area contributed by atoms with Gasteiger partial charge >= 0.3 is 6.18 Å². The zero-order valence-electron chi connectivity index (χ0n) is 11.4. The fourth-order valence-corrected chi connectivity index (χ4v) is 2.63. The maximum absolute atomic E-state index is 12.7. The van der Waals surface area contributed by atoms with Crippen LogP contribution in [0.15, 0.2) is 41.1 Å². The van der Waals surface area contributed by atoms with Crippen LogP contribution in [0.1, 0.15) is 30.6 Å². The SMILES string of the molecule is CCC(N)C(Oc1cccc(C(F)(F)F)c1)c1ccsc1. The first-order valence-electron chi connectivity index (χ1n) is 6.53. The van der Waals surface area contributed by atoms with Gasteiger partial charge in [-0.1, -0.05) is 13.0 Å². The van der Waals surface area contributed by atoms with Gasteiger partial charge in [0.2, 0.25) is 0 Å². The number of ether oxygens (including phenoxy) is 1. The van der Waals surface area contributed by atoms with E-state index in [4.69, 9.17) is 10.5 Å². The lowest BCUT2D eigenvalue weighted by molar-refractivity contribution is -0.137. The van der Waals surface area contributed by atoms with E-state index in [1.807, 2.05) is 23.8 Å². The van der Waals surface area contributed by atoms with E-state index < -0.39 is 17.8 Å². The van der Waals surface area contributed by atoms with Gasteiger partial charge in [-0.3, -0.25) is 0 Å². The van der Waals surface area contributed by atoms with Crippen molar-refractivity contribution in [1.29, 1.82) is 0 Å². The van der Waals surface area contributed by atoms with E-state index in [1.165, 1.54) is 23.5 Å². The zero-order chi connectivity index (χ0) is 15.5. The van der Waals surface area contributed by atoms with Gasteiger partial charge in [0.15, 0.2) is 0 Å². The Bertz CT molecular complexity index is 569. The van der Waals surface area contributed by atoms with E-state index in [9.17, 15) is 13.2 Å². The van der Waals surface area contributed by atoms with Crippen molar-refractivity contribution < 1.29 is 17.9 Å². The molecule has 1 heterocycles. The highest BCUT2D eigenvalue weighted by Crippen LogP contribution is 2.33. The van der Waals surface area contributed by atoms with E-state index in [2.05, 4.69) is 0 Å². The lowest BCUT2D eigenvalue weighted by Gasteiger charge is -2.24. The molecule has 0 fully saturated rings. The molecule has 2 rings (SSSR count). The van der Waals surface area contributed by atoms with Gasteiger partial charge in [-0.15, -0.1) is 0 Å². The van der Waals surface area contributed by atoms with Crippen LogP contribution in [0.2, 0.25) is 0 Å². The van der Waals surface area contributed by atoms with E-state index in [0.29, 0.717) is 6.42 Å². The molecule has 2 atom stereocenters. The van der Waals surface area contributed by atoms with Crippen molar-refractivity contribution in [2.24, 2.45) is 5.73 Å². The molecule has 2 nitrogen and oxygen atoms in total. The average Bonchev–Trinajstić information content (AvgIpc) is 2.97. The summed E-state index contributed by atoms with van der Waals surface area (Å²) in [5, 5.41) is 3.79. The summed E-state index contributed by atoms with van der Waals surface area (Å²) in [6, 6.07) is 6.46. The largest absolute Gasteiger partial charge is 0.484 e. The minimum Gasteiger partial charge on any atom is -0.484 e. The summed E-state index contributed by atoms with van der Waals surface area (Å²) < 4.78 is 43.9. The Labute approximate surface area is 125 Å². The second-order valence-corrected chi connectivity index (χ2v) is 5.47. The van der Waals surface area contributed by atoms with Crippen LogP contribution in [0.3, 0.4) is 0 Å². The van der Waals surface area contributed by atoms with Gasteiger partial charge in [0.25, 0.3) is 0 Å². The Kier molecular flexibility index (Phi) is 4.90. The Hall–Kier alpha value is -1.53. The molecule has 0 spiro atoms. The number of thiophene rings is 1. The van der Waals surface area contributed by atoms with Crippen molar-refractivity contribution in [3.63, 3.8) is 0 Å². The standard InChI is InChI=1S/C15H16F3NOS/c1-2-13(19)14(10-6-7-21-9-10)20-12-5-3-4-11(8-12)15(16,17)18/h3-9,13-14H,2,19H2,1H3. The van der Waals surface area contributed by atoms with Crippen LogP contribution in [0.4, 0.5) is 13.2 Å². The summed E-state index contributed by atoms with van der Waals surface area (Å²) in [4.78, 5) is 0.